The van der Waals surface area contributed by atoms with Crippen molar-refractivity contribution in [3.8, 4) is 0 Å². The fourth-order valence-corrected chi connectivity index (χ4v) is 3.13. The van der Waals surface area contributed by atoms with Crippen molar-refractivity contribution in [1.29, 1.82) is 0 Å². The number of likely N-dealkylation sites (tertiary alicyclic amines) is 1. The van der Waals surface area contributed by atoms with Gasteiger partial charge in [0.15, 0.2) is 0 Å². The second-order valence-corrected chi connectivity index (χ2v) is 5.74. The van der Waals surface area contributed by atoms with Crippen molar-refractivity contribution in [2.45, 2.75) is 19.0 Å². The van der Waals surface area contributed by atoms with Crippen molar-refractivity contribution in [2.75, 3.05) is 39.4 Å². The first kappa shape index (κ1) is 14.5. The number of benzene rings is 1. The van der Waals surface area contributed by atoms with E-state index in [4.69, 9.17) is 10.5 Å². The van der Waals surface area contributed by atoms with E-state index in [1.54, 1.807) is 0 Å². The first-order chi connectivity index (χ1) is 10.3. The molecule has 1 aromatic carbocycles. The molecule has 5 heteroatoms. The molecular weight excluding hydrogens is 266 g/mol. The molecular formula is C16H23N3O2. The highest BCUT2D eigenvalue weighted by atomic mass is 16.5. The molecule has 0 spiro atoms. The van der Waals surface area contributed by atoms with Gasteiger partial charge in [0.1, 0.15) is 0 Å². The van der Waals surface area contributed by atoms with E-state index in [1.165, 1.54) is 0 Å². The Hall–Kier alpha value is -1.43. The number of morpholine rings is 1. The lowest BCUT2D eigenvalue weighted by Crippen LogP contribution is -2.45. The van der Waals surface area contributed by atoms with Crippen LogP contribution >= 0.6 is 0 Å². The molecule has 0 bridgehead atoms. The molecule has 1 atom stereocenters. The molecule has 0 aliphatic carbocycles. The van der Waals surface area contributed by atoms with Gasteiger partial charge < -0.3 is 15.4 Å². The summed E-state index contributed by atoms with van der Waals surface area (Å²) in [5.74, 6) is 0.134. The van der Waals surface area contributed by atoms with Crippen LogP contribution in [0, 0.1) is 0 Å². The number of carbonyl (C=O) groups is 1. The number of rotatable bonds is 3. The van der Waals surface area contributed by atoms with Crippen molar-refractivity contribution in [1.82, 2.24) is 9.80 Å². The van der Waals surface area contributed by atoms with Crippen molar-refractivity contribution in [3.63, 3.8) is 0 Å². The van der Waals surface area contributed by atoms with Crippen molar-refractivity contribution in [3.05, 3.63) is 35.4 Å². The molecule has 0 radical (unpaired) electrons. The second-order valence-electron chi connectivity index (χ2n) is 5.74. The summed E-state index contributed by atoms with van der Waals surface area (Å²) in [7, 11) is 0. The van der Waals surface area contributed by atoms with Crippen LogP contribution in [-0.2, 0) is 11.3 Å². The molecule has 114 valence electrons. The normalized spacial score (nSPS) is 23.5. The van der Waals surface area contributed by atoms with E-state index in [0.717, 1.165) is 56.9 Å². The molecule has 0 unspecified atom stereocenters. The number of carbonyl (C=O) groups excluding carboxylic acids is 1. The Bertz CT molecular complexity index is 483. The average Bonchev–Trinajstić information content (AvgIpc) is 3.05. The van der Waals surface area contributed by atoms with Gasteiger partial charge in [-0.3, -0.25) is 9.69 Å². The minimum Gasteiger partial charge on any atom is -0.379 e. The SMILES string of the molecule is NCc1ccc(C(=O)N2CC[C@H](N3CCOCC3)C2)cc1. The van der Waals surface area contributed by atoms with Gasteiger partial charge in [-0.2, -0.15) is 0 Å². The minimum atomic E-state index is 0.134. The molecule has 2 fully saturated rings. The van der Waals surface area contributed by atoms with Crippen LogP contribution in [-0.4, -0.2) is 61.1 Å². The third-order valence-electron chi connectivity index (χ3n) is 4.45. The fourth-order valence-electron chi connectivity index (χ4n) is 3.13. The maximum atomic E-state index is 12.5. The van der Waals surface area contributed by atoms with Crippen LogP contribution in [0.1, 0.15) is 22.3 Å². The predicted octanol–water partition coefficient (Wildman–Crippen LogP) is 0.692. The van der Waals surface area contributed by atoms with Crippen molar-refractivity contribution < 1.29 is 9.53 Å². The molecule has 1 amide bonds. The van der Waals surface area contributed by atoms with Gasteiger partial charge in [0.2, 0.25) is 0 Å². The Morgan fingerprint density at radius 1 is 1.19 bits per heavy atom. The van der Waals surface area contributed by atoms with Gasteiger partial charge in [0.25, 0.3) is 5.91 Å². The number of hydrogen-bond acceptors (Lipinski definition) is 4. The van der Waals surface area contributed by atoms with E-state index in [-0.39, 0.29) is 5.91 Å². The number of ether oxygens (including phenoxy) is 1. The maximum Gasteiger partial charge on any atom is 0.253 e. The second kappa shape index (κ2) is 6.56. The predicted molar refractivity (Wildman–Crippen MR) is 81.0 cm³/mol. The Morgan fingerprint density at radius 2 is 1.90 bits per heavy atom. The van der Waals surface area contributed by atoms with Crippen LogP contribution in [0.15, 0.2) is 24.3 Å². The fraction of sp³-hybridized carbons (Fsp3) is 0.562. The molecule has 2 aliphatic heterocycles. The van der Waals surface area contributed by atoms with Gasteiger partial charge in [-0.05, 0) is 24.1 Å². The zero-order valence-electron chi connectivity index (χ0n) is 12.3. The van der Waals surface area contributed by atoms with Crippen molar-refractivity contribution in [2.24, 2.45) is 5.73 Å². The Morgan fingerprint density at radius 3 is 2.57 bits per heavy atom. The van der Waals surface area contributed by atoms with Gasteiger partial charge in [0, 0.05) is 44.3 Å². The largest absolute Gasteiger partial charge is 0.379 e. The highest BCUT2D eigenvalue weighted by Crippen LogP contribution is 2.19. The summed E-state index contributed by atoms with van der Waals surface area (Å²) in [5.41, 5.74) is 7.40. The molecule has 1 aromatic rings. The minimum absolute atomic E-state index is 0.134. The van der Waals surface area contributed by atoms with Gasteiger partial charge in [-0.1, -0.05) is 12.1 Å². The number of nitrogens with two attached hydrogens (primary N) is 1. The number of amides is 1. The zero-order valence-corrected chi connectivity index (χ0v) is 12.3. The first-order valence-electron chi connectivity index (χ1n) is 7.68. The topological polar surface area (TPSA) is 58.8 Å². The smallest absolute Gasteiger partial charge is 0.253 e. The quantitative estimate of drug-likeness (QED) is 0.889. The Labute approximate surface area is 125 Å². The Balaban J connectivity index is 1.60. The van der Waals surface area contributed by atoms with Gasteiger partial charge >= 0.3 is 0 Å². The average molecular weight is 289 g/mol. The van der Waals surface area contributed by atoms with Crippen LogP contribution in [0.5, 0.6) is 0 Å². The standard InChI is InChI=1S/C16H23N3O2/c17-11-13-1-3-14(4-2-13)16(20)19-6-5-15(12-19)18-7-9-21-10-8-18/h1-4,15H,5-12,17H2/t15-/m0/s1. The Kier molecular flexibility index (Phi) is 4.53. The van der Waals surface area contributed by atoms with Gasteiger partial charge in [-0.25, -0.2) is 0 Å². The number of nitrogens with zero attached hydrogens (tertiary/aromatic N) is 2. The van der Waals surface area contributed by atoms with Gasteiger partial charge in [-0.15, -0.1) is 0 Å². The molecule has 2 N–H and O–H groups in total. The molecule has 0 saturated carbocycles. The van der Waals surface area contributed by atoms with Crippen LogP contribution in [0.25, 0.3) is 0 Å². The molecule has 3 rings (SSSR count). The summed E-state index contributed by atoms with van der Waals surface area (Å²) in [4.78, 5) is 16.9. The number of hydrogen-bond donors (Lipinski definition) is 1. The summed E-state index contributed by atoms with van der Waals surface area (Å²) in [6, 6.07) is 8.12. The van der Waals surface area contributed by atoms with E-state index in [1.807, 2.05) is 29.2 Å². The molecule has 0 aromatic heterocycles. The molecule has 2 aliphatic rings. The molecule has 5 nitrogen and oxygen atoms in total. The lowest BCUT2D eigenvalue weighted by Gasteiger charge is -2.32. The highest BCUT2D eigenvalue weighted by molar-refractivity contribution is 5.94. The monoisotopic (exact) mass is 289 g/mol. The first-order valence-corrected chi connectivity index (χ1v) is 7.68. The van der Waals surface area contributed by atoms with Crippen LogP contribution in [0.2, 0.25) is 0 Å². The van der Waals surface area contributed by atoms with Crippen LogP contribution < -0.4 is 5.73 Å². The summed E-state index contributed by atoms with van der Waals surface area (Å²) >= 11 is 0. The van der Waals surface area contributed by atoms with Gasteiger partial charge in [0.05, 0.1) is 13.2 Å². The third kappa shape index (κ3) is 3.26. The van der Waals surface area contributed by atoms with E-state index in [0.29, 0.717) is 12.6 Å². The summed E-state index contributed by atoms with van der Waals surface area (Å²) in [6.07, 6.45) is 1.06. The van der Waals surface area contributed by atoms with Crippen LogP contribution in [0.4, 0.5) is 0 Å². The zero-order chi connectivity index (χ0) is 14.7. The lowest BCUT2D eigenvalue weighted by molar-refractivity contribution is 0.0185. The summed E-state index contributed by atoms with van der Waals surface area (Å²) < 4.78 is 5.39. The summed E-state index contributed by atoms with van der Waals surface area (Å²) in [6.45, 7) is 5.78. The van der Waals surface area contributed by atoms with E-state index in [2.05, 4.69) is 4.90 Å². The van der Waals surface area contributed by atoms with E-state index in [9.17, 15) is 4.79 Å². The molecule has 2 saturated heterocycles. The highest BCUT2D eigenvalue weighted by Gasteiger charge is 2.31. The maximum absolute atomic E-state index is 12.5. The summed E-state index contributed by atoms with van der Waals surface area (Å²) in [5, 5.41) is 0. The lowest BCUT2D eigenvalue weighted by atomic mass is 10.1. The molecule has 2 heterocycles. The molecule has 21 heavy (non-hydrogen) atoms. The van der Waals surface area contributed by atoms with Crippen molar-refractivity contribution >= 4 is 5.91 Å². The third-order valence-corrected chi connectivity index (χ3v) is 4.45. The van der Waals surface area contributed by atoms with Crippen LogP contribution in [0.3, 0.4) is 0 Å². The van der Waals surface area contributed by atoms with E-state index < -0.39 is 0 Å². The van der Waals surface area contributed by atoms with E-state index >= 15 is 0 Å².